The van der Waals surface area contributed by atoms with E-state index in [1.807, 2.05) is 44.0 Å². The van der Waals surface area contributed by atoms with Crippen LogP contribution in [0.2, 0.25) is 0 Å². The minimum absolute atomic E-state index is 0.0495. The number of para-hydroxylation sites is 2. The van der Waals surface area contributed by atoms with E-state index in [4.69, 9.17) is 17.0 Å². The van der Waals surface area contributed by atoms with Crippen molar-refractivity contribution in [3.8, 4) is 5.75 Å². The van der Waals surface area contributed by atoms with E-state index >= 15 is 0 Å². The van der Waals surface area contributed by atoms with Gasteiger partial charge in [-0.3, -0.25) is 14.9 Å². The molecule has 0 bridgehead atoms. The highest BCUT2D eigenvalue weighted by Gasteiger charge is 2.25. The second kappa shape index (κ2) is 11.8. The van der Waals surface area contributed by atoms with Gasteiger partial charge in [0, 0.05) is 13.1 Å². The number of nitrogens with zero attached hydrogens (tertiary/aromatic N) is 1. The van der Waals surface area contributed by atoms with Crippen LogP contribution < -0.4 is 15.4 Å². The molecule has 2 amide bonds. The molecule has 0 radical (unpaired) electrons. The molecule has 0 saturated heterocycles. The molecule has 0 aromatic heterocycles. The van der Waals surface area contributed by atoms with Crippen LogP contribution in [0.1, 0.15) is 66.7 Å². The predicted molar refractivity (Wildman–Crippen MR) is 136 cm³/mol. The molecule has 3 rings (SSSR count). The molecule has 2 N–H and O–H groups in total. The highest BCUT2D eigenvalue weighted by atomic mass is 32.1. The summed E-state index contributed by atoms with van der Waals surface area (Å²) in [6.45, 7) is 4.61. The number of hydrogen-bond acceptors (Lipinski definition) is 4. The lowest BCUT2D eigenvalue weighted by molar-refractivity contribution is 0.0697. The molecule has 0 atom stereocenters. The number of rotatable bonds is 7. The molecule has 1 fully saturated rings. The number of amides is 2. The standard InChI is InChI=1S/C26H33N3O3S/c1-18(2)17-32-23-16-10-8-14-21(23)24(30)28-26(33)27-22-15-9-7-13-20(22)25(31)29(3)19-11-5-4-6-12-19/h7-10,13-16,18-19H,4-6,11-12,17H2,1-3H3,(H2,27,28,30,33). The molecule has 0 unspecified atom stereocenters. The van der Waals surface area contributed by atoms with Crippen molar-refractivity contribution >= 4 is 34.8 Å². The Bertz CT molecular complexity index is 986. The molecule has 0 aliphatic heterocycles. The lowest BCUT2D eigenvalue weighted by atomic mass is 9.94. The largest absolute Gasteiger partial charge is 0.492 e. The molecule has 7 heteroatoms. The zero-order chi connectivity index (χ0) is 23.8. The fraction of sp³-hybridized carbons (Fsp3) is 0.423. The summed E-state index contributed by atoms with van der Waals surface area (Å²) in [4.78, 5) is 27.9. The van der Waals surface area contributed by atoms with E-state index < -0.39 is 0 Å². The van der Waals surface area contributed by atoms with E-state index in [0.717, 1.165) is 25.7 Å². The summed E-state index contributed by atoms with van der Waals surface area (Å²) in [6.07, 6.45) is 5.60. The van der Waals surface area contributed by atoms with E-state index in [0.29, 0.717) is 35.1 Å². The monoisotopic (exact) mass is 467 g/mol. The Labute approximate surface area is 201 Å². The summed E-state index contributed by atoms with van der Waals surface area (Å²) in [6, 6.07) is 14.6. The van der Waals surface area contributed by atoms with Gasteiger partial charge in [0.15, 0.2) is 5.11 Å². The second-order valence-corrected chi connectivity index (χ2v) is 9.27. The lowest BCUT2D eigenvalue weighted by Gasteiger charge is -2.31. The van der Waals surface area contributed by atoms with Gasteiger partial charge in [-0.2, -0.15) is 0 Å². The maximum absolute atomic E-state index is 13.2. The van der Waals surface area contributed by atoms with Crippen LogP contribution in [-0.4, -0.2) is 41.5 Å². The van der Waals surface area contributed by atoms with Crippen molar-refractivity contribution in [2.24, 2.45) is 5.92 Å². The molecule has 1 aliphatic carbocycles. The van der Waals surface area contributed by atoms with Crippen molar-refractivity contribution in [2.45, 2.75) is 52.0 Å². The number of carbonyl (C=O) groups is 2. The number of thiocarbonyl (C=S) groups is 1. The fourth-order valence-corrected chi connectivity index (χ4v) is 4.17. The molecular weight excluding hydrogens is 434 g/mol. The summed E-state index contributed by atoms with van der Waals surface area (Å²) < 4.78 is 5.78. The van der Waals surface area contributed by atoms with Gasteiger partial charge in [0.25, 0.3) is 11.8 Å². The Morgan fingerprint density at radius 2 is 1.67 bits per heavy atom. The number of carbonyl (C=O) groups excluding carboxylic acids is 2. The van der Waals surface area contributed by atoms with E-state index in [-0.39, 0.29) is 23.0 Å². The van der Waals surface area contributed by atoms with Crippen LogP contribution >= 0.6 is 12.2 Å². The van der Waals surface area contributed by atoms with Crippen LogP contribution in [0.4, 0.5) is 5.69 Å². The molecule has 6 nitrogen and oxygen atoms in total. The second-order valence-electron chi connectivity index (χ2n) is 8.86. The summed E-state index contributed by atoms with van der Waals surface area (Å²) in [5.41, 5.74) is 1.51. The van der Waals surface area contributed by atoms with Gasteiger partial charge in [0.2, 0.25) is 0 Å². The zero-order valence-corrected chi connectivity index (χ0v) is 20.4. The first-order valence-electron chi connectivity index (χ1n) is 11.6. The van der Waals surface area contributed by atoms with Crippen molar-refractivity contribution in [2.75, 3.05) is 19.0 Å². The van der Waals surface area contributed by atoms with Crippen molar-refractivity contribution in [1.29, 1.82) is 0 Å². The Balaban J connectivity index is 1.68. The average Bonchev–Trinajstić information content (AvgIpc) is 2.82. The number of benzene rings is 2. The predicted octanol–water partition coefficient (Wildman–Crippen LogP) is 5.25. The Kier molecular flexibility index (Phi) is 8.83. The SMILES string of the molecule is CC(C)COc1ccccc1C(=O)NC(=S)Nc1ccccc1C(=O)N(C)C1CCCCC1. The fourth-order valence-electron chi connectivity index (χ4n) is 3.96. The van der Waals surface area contributed by atoms with Crippen LogP contribution in [0.3, 0.4) is 0 Å². The van der Waals surface area contributed by atoms with Crippen LogP contribution in [0.5, 0.6) is 5.75 Å². The van der Waals surface area contributed by atoms with Crippen LogP contribution in [-0.2, 0) is 0 Å². The third kappa shape index (κ3) is 6.78. The van der Waals surface area contributed by atoms with E-state index in [2.05, 4.69) is 10.6 Å². The van der Waals surface area contributed by atoms with E-state index in [1.54, 1.807) is 30.3 Å². The van der Waals surface area contributed by atoms with Gasteiger partial charge < -0.3 is 15.0 Å². The average molecular weight is 468 g/mol. The molecule has 2 aromatic rings. The molecule has 2 aromatic carbocycles. The first-order chi connectivity index (χ1) is 15.9. The van der Waals surface area contributed by atoms with Crippen molar-refractivity contribution in [3.05, 3.63) is 59.7 Å². The quantitative estimate of drug-likeness (QED) is 0.544. The van der Waals surface area contributed by atoms with Crippen LogP contribution in [0.15, 0.2) is 48.5 Å². The maximum Gasteiger partial charge on any atom is 0.261 e. The highest BCUT2D eigenvalue weighted by Crippen LogP contribution is 2.25. The van der Waals surface area contributed by atoms with Crippen molar-refractivity contribution in [3.63, 3.8) is 0 Å². The molecule has 33 heavy (non-hydrogen) atoms. The van der Waals surface area contributed by atoms with Gasteiger partial charge in [0.1, 0.15) is 5.75 Å². The van der Waals surface area contributed by atoms with Gasteiger partial charge in [-0.1, -0.05) is 57.4 Å². The summed E-state index contributed by atoms with van der Waals surface area (Å²) in [5.74, 6) is 0.433. The smallest absolute Gasteiger partial charge is 0.261 e. The third-order valence-corrected chi connectivity index (χ3v) is 5.98. The third-order valence-electron chi connectivity index (χ3n) is 5.78. The number of ether oxygens (including phenoxy) is 1. The number of hydrogen-bond donors (Lipinski definition) is 2. The Hall–Kier alpha value is -2.93. The van der Waals surface area contributed by atoms with Gasteiger partial charge in [-0.25, -0.2) is 0 Å². The summed E-state index contributed by atoms with van der Waals surface area (Å²) in [5, 5.41) is 5.86. The summed E-state index contributed by atoms with van der Waals surface area (Å²) >= 11 is 5.39. The maximum atomic E-state index is 13.2. The first kappa shape index (κ1) is 24.7. The van der Waals surface area contributed by atoms with Gasteiger partial charge in [-0.05, 0) is 55.2 Å². The van der Waals surface area contributed by atoms with Crippen molar-refractivity contribution in [1.82, 2.24) is 10.2 Å². The van der Waals surface area contributed by atoms with Crippen LogP contribution in [0, 0.1) is 5.92 Å². The molecule has 176 valence electrons. The van der Waals surface area contributed by atoms with Crippen molar-refractivity contribution < 1.29 is 14.3 Å². The molecule has 1 aliphatic rings. The Morgan fingerprint density at radius 1 is 1.03 bits per heavy atom. The van der Waals surface area contributed by atoms with Crippen LogP contribution in [0.25, 0.3) is 0 Å². The minimum Gasteiger partial charge on any atom is -0.492 e. The Morgan fingerprint density at radius 3 is 2.36 bits per heavy atom. The van der Waals surface area contributed by atoms with Gasteiger partial charge in [0.05, 0.1) is 23.4 Å². The zero-order valence-electron chi connectivity index (χ0n) is 19.6. The van der Waals surface area contributed by atoms with Gasteiger partial charge in [-0.15, -0.1) is 0 Å². The normalized spacial score (nSPS) is 13.9. The molecule has 1 saturated carbocycles. The molecule has 0 spiro atoms. The first-order valence-corrected chi connectivity index (χ1v) is 12.0. The molecular formula is C26H33N3O3S. The topological polar surface area (TPSA) is 70.7 Å². The summed E-state index contributed by atoms with van der Waals surface area (Å²) in [7, 11) is 1.86. The lowest BCUT2D eigenvalue weighted by Crippen LogP contribution is -2.39. The number of nitrogens with one attached hydrogen (secondary N) is 2. The van der Waals surface area contributed by atoms with Gasteiger partial charge >= 0.3 is 0 Å². The molecule has 0 heterocycles. The van der Waals surface area contributed by atoms with E-state index in [1.165, 1.54) is 6.42 Å². The van der Waals surface area contributed by atoms with E-state index in [9.17, 15) is 9.59 Å². The highest BCUT2D eigenvalue weighted by molar-refractivity contribution is 7.80. The number of anilines is 1. The minimum atomic E-state index is -0.366.